The molecule has 0 aromatic heterocycles. The normalized spacial score (nSPS) is 26.4. The Labute approximate surface area is 130 Å². The minimum absolute atomic E-state index is 0.367. The monoisotopic (exact) mass is 298 g/mol. The zero-order chi connectivity index (χ0) is 15.1. The molecule has 0 bridgehead atoms. The van der Waals surface area contributed by atoms with Gasteiger partial charge in [0.1, 0.15) is 0 Å². The maximum Gasteiger partial charge on any atom is 0.0701 e. The van der Waals surface area contributed by atoms with E-state index in [4.69, 9.17) is 9.47 Å². The van der Waals surface area contributed by atoms with Gasteiger partial charge in [-0.25, -0.2) is 0 Å². The number of ether oxygens (including phenoxy) is 2. The molecule has 2 fully saturated rings. The summed E-state index contributed by atoms with van der Waals surface area (Å²) in [6, 6.07) is 0.553. The van der Waals surface area contributed by atoms with Crippen molar-refractivity contribution in [1.82, 2.24) is 10.2 Å². The predicted octanol–water partition coefficient (Wildman–Crippen LogP) is 2.28. The molecule has 2 aliphatic rings. The Morgan fingerprint density at radius 3 is 2.57 bits per heavy atom. The SMILES string of the molecule is CC(C)NCC1(CN(C)CC2CCCCO2)CCOCC1. The number of rotatable bonds is 7. The molecule has 4 nitrogen and oxygen atoms in total. The van der Waals surface area contributed by atoms with E-state index in [1.807, 2.05) is 0 Å². The second-order valence-electron chi connectivity index (χ2n) is 7.33. The van der Waals surface area contributed by atoms with Crippen LogP contribution >= 0.6 is 0 Å². The standard InChI is InChI=1S/C17H34N2O2/c1-15(2)18-13-17(7-10-20-11-8-17)14-19(3)12-16-6-4-5-9-21-16/h15-16,18H,4-14H2,1-3H3. The van der Waals surface area contributed by atoms with Gasteiger partial charge in [-0.2, -0.15) is 0 Å². The van der Waals surface area contributed by atoms with Crippen LogP contribution < -0.4 is 5.32 Å². The van der Waals surface area contributed by atoms with E-state index in [1.54, 1.807) is 0 Å². The molecule has 2 saturated heterocycles. The minimum Gasteiger partial charge on any atom is -0.381 e. The molecule has 1 N–H and O–H groups in total. The highest BCUT2D eigenvalue weighted by Gasteiger charge is 2.34. The van der Waals surface area contributed by atoms with Crippen LogP contribution in [0.2, 0.25) is 0 Å². The van der Waals surface area contributed by atoms with Crippen LogP contribution in [0.3, 0.4) is 0 Å². The summed E-state index contributed by atoms with van der Waals surface area (Å²) in [7, 11) is 2.25. The third-order valence-electron chi connectivity index (χ3n) is 4.83. The largest absolute Gasteiger partial charge is 0.381 e. The quantitative estimate of drug-likeness (QED) is 0.782. The van der Waals surface area contributed by atoms with Gasteiger partial charge in [0.15, 0.2) is 0 Å². The average Bonchev–Trinajstić information content (AvgIpc) is 2.47. The Bertz CT molecular complexity index is 285. The summed E-state index contributed by atoms with van der Waals surface area (Å²) < 4.78 is 11.5. The zero-order valence-corrected chi connectivity index (χ0v) is 14.2. The first-order valence-corrected chi connectivity index (χ1v) is 8.71. The first kappa shape index (κ1) is 17.2. The number of likely N-dealkylation sites (N-methyl/N-ethyl adjacent to an activating group) is 1. The van der Waals surface area contributed by atoms with Gasteiger partial charge in [-0.15, -0.1) is 0 Å². The lowest BCUT2D eigenvalue weighted by molar-refractivity contribution is -0.0280. The van der Waals surface area contributed by atoms with Crippen LogP contribution in [0.15, 0.2) is 0 Å². The third-order valence-corrected chi connectivity index (χ3v) is 4.83. The van der Waals surface area contributed by atoms with Crippen LogP contribution in [0.5, 0.6) is 0 Å². The van der Waals surface area contributed by atoms with Crippen LogP contribution in [0, 0.1) is 5.41 Å². The van der Waals surface area contributed by atoms with Crippen molar-refractivity contribution < 1.29 is 9.47 Å². The van der Waals surface area contributed by atoms with E-state index in [-0.39, 0.29) is 0 Å². The Morgan fingerprint density at radius 2 is 1.95 bits per heavy atom. The van der Waals surface area contributed by atoms with Gasteiger partial charge in [-0.1, -0.05) is 13.8 Å². The topological polar surface area (TPSA) is 33.7 Å². The van der Waals surface area contributed by atoms with Crippen molar-refractivity contribution in [1.29, 1.82) is 0 Å². The molecule has 0 aromatic rings. The number of nitrogens with one attached hydrogen (secondary N) is 1. The van der Waals surface area contributed by atoms with Gasteiger partial charge < -0.3 is 19.7 Å². The fourth-order valence-electron chi connectivity index (χ4n) is 3.55. The van der Waals surface area contributed by atoms with Crippen LogP contribution in [0.4, 0.5) is 0 Å². The van der Waals surface area contributed by atoms with Crippen molar-refractivity contribution in [2.24, 2.45) is 5.41 Å². The van der Waals surface area contributed by atoms with Crippen molar-refractivity contribution in [3.05, 3.63) is 0 Å². The second kappa shape index (κ2) is 8.47. The van der Waals surface area contributed by atoms with E-state index >= 15 is 0 Å². The highest BCUT2D eigenvalue weighted by Crippen LogP contribution is 2.31. The fraction of sp³-hybridized carbons (Fsp3) is 1.00. The molecule has 1 unspecified atom stereocenters. The minimum atomic E-state index is 0.367. The number of hydrogen-bond acceptors (Lipinski definition) is 4. The summed E-state index contributed by atoms with van der Waals surface area (Å²) in [5.74, 6) is 0. The second-order valence-corrected chi connectivity index (χ2v) is 7.33. The molecule has 0 saturated carbocycles. The third kappa shape index (κ3) is 5.85. The van der Waals surface area contributed by atoms with E-state index in [0.29, 0.717) is 17.6 Å². The molecule has 4 heteroatoms. The molecule has 0 radical (unpaired) electrons. The Morgan fingerprint density at radius 1 is 1.19 bits per heavy atom. The van der Waals surface area contributed by atoms with Crippen LogP contribution in [-0.4, -0.2) is 63.5 Å². The molecule has 1 atom stereocenters. The van der Waals surface area contributed by atoms with E-state index in [1.165, 1.54) is 32.1 Å². The summed E-state index contributed by atoms with van der Waals surface area (Å²) in [6.45, 7) is 10.6. The molecule has 0 aromatic carbocycles. The number of nitrogens with zero attached hydrogens (tertiary/aromatic N) is 1. The predicted molar refractivity (Wildman–Crippen MR) is 86.7 cm³/mol. The highest BCUT2D eigenvalue weighted by molar-refractivity contribution is 4.87. The molecule has 124 valence electrons. The molecule has 2 heterocycles. The molecule has 0 aliphatic carbocycles. The van der Waals surface area contributed by atoms with Crippen LogP contribution in [-0.2, 0) is 9.47 Å². The molecular formula is C17H34N2O2. The van der Waals surface area contributed by atoms with E-state index in [2.05, 4.69) is 31.1 Å². The molecular weight excluding hydrogens is 264 g/mol. The first-order chi connectivity index (χ1) is 10.1. The smallest absolute Gasteiger partial charge is 0.0701 e. The summed E-state index contributed by atoms with van der Waals surface area (Å²) in [5, 5.41) is 3.65. The van der Waals surface area contributed by atoms with Crippen molar-refractivity contribution in [2.75, 3.05) is 46.5 Å². The number of hydrogen-bond donors (Lipinski definition) is 1. The molecule has 21 heavy (non-hydrogen) atoms. The lowest BCUT2D eigenvalue weighted by Gasteiger charge is -2.41. The lowest BCUT2D eigenvalue weighted by atomic mass is 9.79. The van der Waals surface area contributed by atoms with Gasteiger partial charge in [0.05, 0.1) is 6.10 Å². The molecule has 2 aliphatic heterocycles. The van der Waals surface area contributed by atoms with Gasteiger partial charge in [0.2, 0.25) is 0 Å². The summed E-state index contributed by atoms with van der Waals surface area (Å²) in [6.07, 6.45) is 6.57. The van der Waals surface area contributed by atoms with Crippen molar-refractivity contribution in [2.45, 2.75) is 58.1 Å². The Balaban J connectivity index is 1.84. The fourth-order valence-corrected chi connectivity index (χ4v) is 3.55. The van der Waals surface area contributed by atoms with Gasteiger partial charge >= 0.3 is 0 Å². The summed E-state index contributed by atoms with van der Waals surface area (Å²) in [4.78, 5) is 2.49. The maximum atomic E-state index is 5.89. The van der Waals surface area contributed by atoms with Gasteiger partial charge in [0.25, 0.3) is 0 Å². The van der Waals surface area contributed by atoms with Crippen molar-refractivity contribution in [3.63, 3.8) is 0 Å². The van der Waals surface area contributed by atoms with Gasteiger partial charge in [-0.3, -0.25) is 0 Å². The average molecular weight is 298 g/mol. The summed E-state index contributed by atoms with van der Waals surface area (Å²) >= 11 is 0. The first-order valence-electron chi connectivity index (χ1n) is 8.71. The lowest BCUT2D eigenvalue weighted by Crippen LogP contribution is -2.49. The highest BCUT2D eigenvalue weighted by atomic mass is 16.5. The van der Waals surface area contributed by atoms with Gasteiger partial charge in [0, 0.05) is 45.5 Å². The van der Waals surface area contributed by atoms with Crippen molar-refractivity contribution in [3.8, 4) is 0 Å². The Kier molecular flexibility index (Phi) is 6.93. The maximum absolute atomic E-state index is 5.89. The summed E-state index contributed by atoms with van der Waals surface area (Å²) in [5.41, 5.74) is 0.367. The van der Waals surface area contributed by atoms with Crippen LogP contribution in [0.25, 0.3) is 0 Å². The van der Waals surface area contributed by atoms with Crippen molar-refractivity contribution >= 4 is 0 Å². The Hall–Kier alpha value is -0.160. The van der Waals surface area contributed by atoms with Crippen LogP contribution in [0.1, 0.15) is 46.0 Å². The molecule has 2 rings (SSSR count). The zero-order valence-electron chi connectivity index (χ0n) is 14.2. The molecule has 0 spiro atoms. The van der Waals surface area contributed by atoms with Gasteiger partial charge in [-0.05, 0) is 44.6 Å². The van der Waals surface area contributed by atoms with E-state index < -0.39 is 0 Å². The molecule has 0 amide bonds. The van der Waals surface area contributed by atoms with E-state index in [9.17, 15) is 0 Å². The van der Waals surface area contributed by atoms with E-state index in [0.717, 1.165) is 39.5 Å².